The van der Waals surface area contributed by atoms with Crippen molar-refractivity contribution in [1.29, 1.82) is 0 Å². The molecular weight excluding hydrogens is 198 g/mol. The molecule has 1 heterocycles. The lowest BCUT2D eigenvalue weighted by atomic mass is 9.90. The Hall–Kier alpha value is -0.0800. The molecular formula is C14H27NO. The van der Waals surface area contributed by atoms with E-state index in [0.29, 0.717) is 0 Å². The molecule has 1 aliphatic carbocycles. The van der Waals surface area contributed by atoms with Gasteiger partial charge in [-0.1, -0.05) is 26.7 Å². The van der Waals surface area contributed by atoms with Gasteiger partial charge in [0.1, 0.15) is 0 Å². The fourth-order valence-corrected chi connectivity index (χ4v) is 3.18. The molecule has 1 N–H and O–H groups in total. The molecule has 0 aromatic carbocycles. The molecule has 2 heteroatoms. The molecule has 1 atom stereocenters. The largest absolute Gasteiger partial charge is 0.366 e. The Morgan fingerprint density at radius 1 is 1.19 bits per heavy atom. The van der Waals surface area contributed by atoms with Crippen LogP contribution in [-0.2, 0) is 4.74 Å². The molecule has 1 aliphatic heterocycles. The summed E-state index contributed by atoms with van der Waals surface area (Å²) in [6.45, 7) is 8.99. The first-order valence-electron chi connectivity index (χ1n) is 6.95. The van der Waals surface area contributed by atoms with E-state index in [1.165, 1.54) is 38.5 Å². The quantitative estimate of drug-likeness (QED) is 0.797. The number of hydrogen-bond donors (Lipinski definition) is 1. The second-order valence-corrected chi connectivity index (χ2v) is 6.48. The Kier molecular flexibility index (Phi) is 3.60. The predicted molar refractivity (Wildman–Crippen MR) is 67.6 cm³/mol. The summed E-state index contributed by atoms with van der Waals surface area (Å²) in [6.07, 6.45) is 7.69. The van der Waals surface area contributed by atoms with Crippen LogP contribution in [-0.4, -0.2) is 24.3 Å². The summed E-state index contributed by atoms with van der Waals surface area (Å²) in [5.41, 5.74) is 0.261. The van der Waals surface area contributed by atoms with Gasteiger partial charge in [0.25, 0.3) is 0 Å². The lowest BCUT2D eigenvalue weighted by Gasteiger charge is -2.46. The van der Waals surface area contributed by atoms with Gasteiger partial charge in [-0.25, -0.2) is 0 Å². The Morgan fingerprint density at radius 3 is 2.50 bits per heavy atom. The van der Waals surface area contributed by atoms with Crippen molar-refractivity contribution in [2.75, 3.05) is 13.1 Å². The molecule has 16 heavy (non-hydrogen) atoms. The molecule has 0 bridgehead atoms. The normalized spacial score (nSPS) is 33.8. The minimum atomic E-state index is 0.0762. The van der Waals surface area contributed by atoms with Crippen LogP contribution in [0.1, 0.15) is 59.3 Å². The molecule has 2 aliphatic rings. The first-order valence-corrected chi connectivity index (χ1v) is 6.95. The summed E-state index contributed by atoms with van der Waals surface area (Å²) >= 11 is 0. The Balaban J connectivity index is 1.94. The van der Waals surface area contributed by atoms with Crippen LogP contribution in [0.4, 0.5) is 0 Å². The van der Waals surface area contributed by atoms with Gasteiger partial charge in [0.15, 0.2) is 0 Å². The van der Waals surface area contributed by atoms with E-state index in [4.69, 9.17) is 4.74 Å². The molecule has 1 unspecified atom stereocenters. The van der Waals surface area contributed by atoms with E-state index in [9.17, 15) is 0 Å². The van der Waals surface area contributed by atoms with Crippen LogP contribution in [0.25, 0.3) is 0 Å². The lowest BCUT2D eigenvalue weighted by molar-refractivity contribution is -0.171. The molecule has 1 saturated carbocycles. The van der Waals surface area contributed by atoms with Gasteiger partial charge in [-0.15, -0.1) is 0 Å². The maximum Gasteiger partial charge on any atom is 0.0814 e. The topological polar surface area (TPSA) is 21.3 Å². The van der Waals surface area contributed by atoms with E-state index in [-0.39, 0.29) is 11.2 Å². The lowest BCUT2D eigenvalue weighted by Crippen LogP contribution is -2.58. The smallest absolute Gasteiger partial charge is 0.0814 e. The standard InChI is InChI=1S/C14H27NO/c1-12(2)6-9-13(3)10-15-11-14(16-13)7-4-5-8-14/h12,15H,4-11H2,1-3H3. The third-order valence-corrected chi connectivity index (χ3v) is 4.17. The van der Waals surface area contributed by atoms with E-state index in [1.807, 2.05) is 0 Å². The van der Waals surface area contributed by atoms with Gasteiger partial charge in [0.05, 0.1) is 11.2 Å². The maximum atomic E-state index is 6.51. The third kappa shape index (κ3) is 2.78. The predicted octanol–water partition coefficient (Wildman–Crippen LogP) is 3.11. The fourth-order valence-electron chi connectivity index (χ4n) is 3.18. The summed E-state index contributed by atoms with van der Waals surface area (Å²) in [6, 6.07) is 0. The molecule has 0 amide bonds. The maximum absolute atomic E-state index is 6.51. The number of nitrogens with one attached hydrogen (secondary N) is 1. The van der Waals surface area contributed by atoms with Gasteiger partial charge in [-0.05, 0) is 38.5 Å². The molecule has 0 aromatic heterocycles. The Labute approximate surface area is 100 Å². The average Bonchev–Trinajstić information content (AvgIpc) is 2.63. The van der Waals surface area contributed by atoms with E-state index < -0.39 is 0 Å². The zero-order chi connectivity index (χ0) is 11.6. The van der Waals surface area contributed by atoms with Gasteiger partial charge < -0.3 is 10.1 Å². The highest BCUT2D eigenvalue weighted by atomic mass is 16.5. The molecule has 1 saturated heterocycles. The number of hydrogen-bond acceptors (Lipinski definition) is 2. The highest BCUT2D eigenvalue weighted by molar-refractivity contribution is 4.97. The van der Waals surface area contributed by atoms with Crippen LogP contribution in [0.15, 0.2) is 0 Å². The molecule has 2 rings (SSSR count). The van der Waals surface area contributed by atoms with Crippen molar-refractivity contribution >= 4 is 0 Å². The third-order valence-electron chi connectivity index (χ3n) is 4.17. The van der Waals surface area contributed by atoms with Crippen LogP contribution in [0, 0.1) is 5.92 Å². The average molecular weight is 225 g/mol. The Morgan fingerprint density at radius 2 is 1.88 bits per heavy atom. The van der Waals surface area contributed by atoms with Gasteiger partial charge in [-0.2, -0.15) is 0 Å². The van der Waals surface area contributed by atoms with E-state index >= 15 is 0 Å². The van der Waals surface area contributed by atoms with Crippen molar-refractivity contribution in [3.05, 3.63) is 0 Å². The minimum absolute atomic E-state index is 0.0762. The van der Waals surface area contributed by atoms with Crippen LogP contribution in [0.2, 0.25) is 0 Å². The summed E-state index contributed by atoms with van der Waals surface area (Å²) < 4.78 is 6.51. The minimum Gasteiger partial charge on any atom is -0.366 e. The SMILES string of the molecule is CC(C)CCC1(C)CNCC2(CCCC2)O1. The van der Waals surface area contributed by atoms with Gasteiger partial charge >= 0.3 is 0 Å². The fraction of sp³-hybridized carbons (Fsp3) is 1.00. The van der Waals surface area contributed by atoms with Crippen LogP contribution < -0.4 is 5.32 Å². The highest BCUT2D eigenvalue weighted by Crippen LogP contribution is 2.39. The first kappa shape index (κ1) is 12.4. The van der Waals surface area contributed by atoms with Crippen molar-refractivity contribution < 1.29 is 4.74 Å². The van der Waals surface area contributed by atoms with Crippen molar-refractivity contribution in [3.63, 3.8) is 0 Å². The number of rotatable bonds is 3. The molecule has 0 radical (unpaired) electrons. The summed E-state index contributed by atoms with van der Waals surface area (Å²) in [5, 5.41) is 3.61. The van der Waals surface area contributed by atoms with Crippen molar-refractivity contribution in [3.8, 4) is 0 Å². The summed E-state index contributed by atoms with van der Waals surface area (Å²) in [4.78, 5) is 0. The van der Waals surface area contributed by atoms with Crippen LogP contribution >= 0.6 is 0 Å². The van der Waals surface area contributed by atoms with Crippen LogP contribution in [0.5, 0.6) is 0 Å². The molecule has 94 valence electrons. The first-order chi connectivity index (χ1) is 7.54. The summed E-state index contributed by atoms with van der Waals surface area (Å²) in [7, 11) is 0. The zero-order valence-electron chi connectivity index (χ0n) is 11.1. The number of ether oxygens (including phenoxy) is 1. The van der Waals surface area contributed by atoms with E-state index in [1.54, 1.807) is 0 Å². The molecule has 2 nitrogen and oxygen atoms in total. The van der Waals surface area contributed by atoms with E-state index in [0.717, 1.165) is 19.0 Å². The van der Waals surface area contributed by atoms with Crippen LogP contribution in [0.3, 0.4) is 0 Å². The summed E-state index contributed by atoms with van der Waals surface area (Å²) in [5.74, 6) is 0.780. The van der Waals surface area contributed by atoms with Crippen molar-refractivity contribution in [2.45, 2.75) is 70.5 Å². The monoisotopic (exact) mass is 225 g/mol. The second-order valence-electron chi connectivity index (χ2n) is 6.48. The van der Waals surface area contributed by atoms with Crippen molar-refractivity contribution in [2.24, 2.45) is 5.92 Å². The second kappa shape index (κ2) is 4.66. The highest BCUT2D eigenvalue weighted by Gasteiger charge is 2.44. The molecule has 0 aromatic rings. The number of morpholine rings is 1. The zero-order valence-corrected chi connectivity index (χ0v) is 11.1. The van der Waals surface area contributed by atoms with Crippen molar-refractivity contribution in [1.82, 2.24) is 5.32 Å². The van der Waals surface area contributed by atoms with Gasteiger partial charge in [0.2, 0.25) is 0 Å². The molecule has 2 fully saturated rings. The molecule has 1 spiro atoms. The Bertz CT molecular complexity index is 233. The van der Waals surface area contributed by atoms with Gasteiger partial charge in [-0.3, -0.25) is 0 Å². The van der Waals surface area contributed by atoms with Gasteiger partial charge in [0, 0.05) is 13.1 Å². The van der Waals surface area contributed by atoms with E-state index in [2.05, 4.69) is 26.1 Å².